The van der Waals surface area contributed by atoms with Gasteiger partial charge in [0.05, 0.1) is 17.9 Å². The molecule has 2 rings (SSSR count). The largest absolute Gasteiger partial charge is 0.381 e. The normalized spacial score (nSPS) is 36.5. The van der Waals surface area contributed by atoms with E-state index in [0.717, 1.165) is 19.3 Å². The molecule has 1 aliphatic carbocycles. The smallest absolute Gasteiger partial charge is 0.225 e. The molecule has 2 fully saturated rings. The standard InChI is InChI=1S/C11H18ClNO2/c12-9-3-1-2-4-10(9)13-11(14)8-5-6-15-7-8/h8-10H,1-7H2,(H,13,14). The first-order valence-corrected chi connectivity index (χ1v) is 6.23. The highest BCUT2D eigenvalue weighted by atomic mass is 35.5. The fourth-order valence-corrected chi connectivity index (χ4v) is 2.63. The van der Waals surface area contributed by atoms with Crippen molar-refractivity contribution in [2.45, 2.75) is 43.5 Å². The molecule has 1 saturated heterocycles. The highest BCUT2D eigenvalue weighted by molar-refractivity contribution is 6.21. The molecule has 0 aromatic rings. The zero-order chi connectivity index (χ0) is 10.7. The second-order valence-corrected chi connectivity index (χ2v) is 5.04. The molecule has 4 heteroatoms. The minimum absolute atomic E-state index is 0.0517. The Bertz CT molecular complexity index is 229. The molecule has 0 radical (unpaired) electrons. The molecule has 0 bridgehead atoms. The number of rotatable bonds is 2. The lowest BCUT2D eigenvalue weighted by Crippen LogP contribution is -2.45. The Labute approximate surface area is 95.5 Å². The molecule has 15 heavy (non-hydrogen) atoms. The first-order valence-electron chi connectivity index (χ1n) is 5.79. The second kappa shape index (κ2) is 5.17. The van der Waals surface area contributed by atoms with Crippen LogP contribution in [0.1, 0.15) is 32.1 Å². The van der Waals surface area contributed by atoms with Crippen LogP contribution < -0.4 is 5.32 Å². The van der Waals surface area contributed by atoms with E-state index in [0.29, 0.717) is 13.2 Å². The fourth-order valence-electron chi connectivity index (χ4n) is 2.29. The maximum absolute atomic E-state index is 11.8. The molecule has 86 valence electrons. The van der Waals surface area contributed by atoms with E-state index in [1.807, 2.05) is 0 Å². The summed E-state index contributed by atoms with van der Waals surface area (Å²) in [6.45, 7) is 1.29. The van der Waals surface area contributed by atoms with E-state index in [9.17, 15) is 4.79 Å². The van der Waals surface area contributed by atoms with Crippen LogP contribution >= 0.6 is 11.6 Å². The van der Waals surface area contributed by atoms with Crippen LogP contribution in [0, 0.1) is 5.92 Å². The summed E-state index contributed by atoms with van der Waals surface area (Å²) < 4.78 is 5.20. The van der Waals surface area contributed by atoms with E-state index in [2.05, 4.69) is 5.32 Å². The number of alkyl halides is 1. The molecule has 1 heterocycles. The Kier molecular flexibility index (Phi) is 3.87. The second-order valence-electron chi connectivity index (χ2n) is 4.48. The van der Waals surface area contributed by atoms with Crippen LogP contribution in [0.15, 0.2) is 0 Å². The molecule has 0 aromatic heterocycles. The zero-order valence-corrected chi connectivity index (χ0v) is 9.63. The number of ether oxygens (including phenoxy) is 1. The summed E-state index contributed by atoms with van der Waals surface area (Å²) in [7, 11) is 0. The van der Waals surface area contributed by atoms with E-state index >= 15 is 0 Å². The van der Waals surface area contributed by atoms with Gasteiger partial charge in [0.15, 0.2) is 0 Å². The number of halogens is 1. The summed E-state index contributed by atoms with van der Waals surface area (Å²) in [6, 6.07) is 0.175. The molecule has 3 atom stereocenters. The lowest BCUT2D eigenvalue weighted by Gasteiger charge is -2.28. The number of amides is 1. The SMILES string of the molecule is O=C(NC1CCCCC1Cl)C1CCOC1. The maximum Gasteiger partial charge on any atom is 0.225 e. The molecule has 3 unspecified atom stereocenters. The average Bonchev–Trinajstić information content (AvgIpc) is 2.74. The molecule has 1 aliphatic heterocycles. The van der Waals surface area contributed by atoms with Crippen molar-refractivity contribution in [2.75, 3.05) is 13.2 Å². The van der Waals surface area contributed by atoms with Crippen LogP contribution in [-0.4, -0.2) is 30.5 Å². The summed E-state index contributed by atoms with van der Waals surface area (Å²) >= 11 is 6.19. The quantitative estimate of drug-likeness (QED) is 0.735. The molecule has 3 nitrogen and oxygen atoms in total. The van der Waals surface area contributed by atoms with Gasteiger partial charge in [-0.2, -0.15) is 0 Å². The van der Waals surface area contributed by atoms with Gasteiger partial charge in [-0.05, 0) is 19.3 Å². The van der Waals surface area contributed by atoms with E-state index < -0.39 is 0 Å². The van der Waals surface area contributed by atoms with E-state index in [1.54, 1.807) is 0 Å². The summed E-state index contributed by atoms with van der Waals surface area (Å²) in [5, 5.41) is 3.18. The molecule has 1 N–H and O–H groups in total. The van der Waals surface area contributed by atoms with Crippen molar-refractivity contribution in [3.8, 4) is 0 Å². The van der Waals surface area contributed by atoms with Gasteiger partial charge in [0.2, 0.25) is 5.91 Å². The molecular weight excluding hydrogens is 214 g/mol. The molecule has 0 aromatic carbocycles. The number of carbonyl (C=O) groups is 1. The number of hydrogen-bond donors (Lipinski definition) is 1. The van der Waals surface area contributed by atoms with E-state index in [1.165, 1.54) is 12.8 Å². The van der Waals surface area contributed by atoms with Gasteiger partial charge in [0.25, 0.3) is 0 Å². The van der Waals surface area contributed by atoms with Gasteiger partial charge >= 0.3 is 0 Å². The third-order valence-corrected chi connectivity index (χ3v) is 3.83. The highest BCUT2D eigenvalue weighted by Gasteiger charge is 2.29. The minimum atomic E-state index is 0.0517. The predicted molar refractivity (Wildman–Crippen MR) is 59.0 cm³/mol. The van der Waals surface area contributed by atoms with Gasteiger partial charge in [0, 0.05) is 12.6 Å². The summed E-state index contributed by atoms with van der Waals surface area (Å²) in [4.78, 5) is 11.8. The highest BCUT2D eigenvalue weighted by Crippen LogP contribution is 2.23. The number of hydrogen-bond acceptors (Lipinski definition) is 2. The summed E-state index contributed by atoms with van der Waals surface area (Å²) in [5.41, 5.74) is 0. The lowest BCUT2D eigenvalue weighted by molar-refractivity contribution is -0.125. The molecule has 0 spiro atoms. The van der Waals surface area contributed by atoms with Crippen molar-refractivity contribution < 1.29 is 9.53 Å². The third-order valence-electron chi connectivity index (χ3n) is 3.31. The predicted octanol–water partition coefficient (Wildman–Crippen LogP) is 1.69. The molecule has 2 aliphatic rings. The van der Waals surface area contributed by atoms with Gasteiger partial charge in [-0.1, -0.05) is 12.8 Å². The van der Waals surface area contributed by atoms with Gasteiger partial charge in [0.1, 0.15) is 0 Å². The first-order chi connectivity index (χ1) is 7.27. The van der Waals surface area contributed by atoms with Crippen molar-refractivity contribution in [1.29, 1.82) is 0 Å². The Morgan fingerprint density at radius 3 is 2.73 bits per heavy atom. The molecule has 1 amide bonds. The fraction of sp³-hybridized carbons (Fsp3) is 0.909. The third kappa shape index (κ3) is 2.85. The van der Waals surface area contributed by atoms with Crippen molar-refractivity contribution in [1.82, 2.24) is 5.32 Å². The van der Waals surface area contributed by atoms with Crippen molar-refractivity contribution in [3.63, 3.8) is 0 Å². The van der Waals surface area contributed by atoms with Crippen LogP contribution in [0.3, 0.4) is 0 Å². The van der Waals surface area contributed by atoms with Gasteiger partial charge < -0.3 is 10.1 Å². The number of carbonyl (C=O) groups excluding carboxylic acids is 1. The van der Waals surface area contributed by atoms with Crippen LogP contribution in [0.5, 0.6) is 0 Å². The Morgan fingerprint density at radius 1 is 1.27 bits per heavy atom. The summed E-state index contributed by atoms with van der Waals surface area (Å²) in [6.07, 6.45) is 5.26. The van der Waals surface area contributed by atoms with Crippen LogP contribution in [-0.2, 0) is 9.53 Å². The zero-order valence-electron chi connectivity index (χ0n) is 8.88. The average molecular weight is 232 g/mol. The molecular formula is C11H18ClNO2. The van der Waals surface area contributed by atoms with Gasteiger partial charge in [-0.15, -0.1) is 11.6 Å². The van der Waals surface area contributed by atoms with E-state index in [4.69, 9.17) is 16.3 Å². The Hall–Kier alpha value is -0.280. The first kappa shape index (κ1) is 11.2. The van der Waals surface area contributed by atoms with E-state index in [-0.39, 0.29) is 23.2 Å². The number of nitrogens with one attached hydrogen (secondary N) is 1. The van der Waals surface area contributed by atoms with Crippen LogP contribution in [0.2, 0.25) is 0 Å². The van der Waals surface area contributed by atoms with Crippen molar-refractivity contribution in [2.24, 2.45) is 5.92 Å². The molecule has 1 saturated carbocycles. The lowest BCUT2D eigenvalue weighted by atomic mass is 9.94. The van der Waals surface area contributed by atoms with Crippen molar-refractivity contribution >= 4 is 17.5 Å². The minimum Gasteiger partial charge on any atom is -0.381 e. The van der Waals surface area contributed by atoms with Crippen molar-refractivity contribution in [3.05, 3.63) is 0 Å². The Morgan fingerprint density at radius 2 is 2.07 bits per heavy atom. The maximum atomic E-state index is 11.8. The Balaban J connectivity index is 1.81. The van der Waals surface area contributed by atoms with Gasteiger partial charge in [-0.25, -0.2) is 0 Å². The summed E-state index contributed by atoms with van der Waals surface area (Å²) in [5.74, 6) is 0.181. The monoisotopic (exact) mass is 231 g/mol. The van der Waals surface area contributed by atoms with Crippen LogP contribution in [0.25, 0.3) is 0 Å². The van der Waals surface area contributed by atoms with Crippen LogP contribution in [0.4, 0.5) is 0 Å². The van der Waals surface area contributed by atoms with Gasteiger partial charge in [-0.3, -0.25) is 4.79 Å². The topological polar surface area (TPSA) is 38.3 Å².